The van der Waals surface area contributed by atoms with Crippen molar-refractivity contribution < 1.29 is 0 Å². The summed E-state index contributed by atoms with van der Waals surface area (Å²) < 4.78 is 0. The third-order valence-electron chi connectivity index (χ3n) is 3.13. The summed E-state index contributed by atoms with van der Waals surface area (Å²) in [5.41, 5.74) is 5.50. The van der Waals surface area contributed by atoms with Gasteiger partial charge in [-0.15, -0.1) is 0 Å². The number of nitrogens with zero attached hydrogens (tertiary/aromatic N) is 2. The second-order valence-corrected chi connectivity index (χ2v) is 4.51. The molecule has 4 heteroatoms. The molecule has 0 aromatic carbocycles. The van der Waals surface area contributed by atoms with Gasteiger partial charge in [-0.2, -0.15) is 0 Å². The SMILES string of the molecule is Nc1cnc(NC2CCCCCCC2)cn1. The highest BCUT2D eigenvalue weighted by atomic mass is 15.0. The first-order valence-corrected chi connectivity index (χ1v) is 6.18. The van der Waals surface area contributed by atoms with E-state index >= 15 is 0 Å². The molecule has 1 aliphatic rings. The van der Waals surface area contributed by atoms with Crippen LogP contribution in [-0.4, -0.2) is 16.0 Å². The molecule has 88 valence electrons. The van der Waals surface area contributed by atoms with Crippen LogP contribution in [-0.2, 0) is 0 Å². The molecule has 16 heavy (non-hydrogen) atoms. The van der Waals surface area contributed by atoms with Gasteiger partial charge in [-0.3, -0.25) is 0 Å². The van der Waals surface area contributed by atoms with Crippen molar-refractivity contribution in [1.82, 2.24) is 9.97 Å². The maximum absolute atomic E-state index is 5.50. The van der Waals surface area contributed by atoms with E-state index in [1.54, 1.807) is 12.4 Å². The maximum atomic E-state index is 5.50. The summed E-state index contributed by atoms with van der Waals surface area (Å²) in [4.78, 5) is 8.27. The first kappa shape index (κ1) is 11.2. The Bertz CT molecular complexity index is 301. The fourth-order valence-corrected chi connectivity index (χ4v) is 2.22. The molecule has 1 fully saturated rings. The molecule has 0 spiro atoms. The first-order valence-electron chi connectivity index (χ1n) is 6.18. The normalized spacial score (nSPS) is 18.8. The summed E-state index contributed by atoms with van der Waals surface area (Å²) in [6, 6.07) is 0.554. The van der Waals surface area contributed by atoms with E-state index in [0.717, 1.165) is 5.82 Å². The average molecular weight is 220 g/mol. The molecule has 1 aliphatic carbocycles. The third kappa shape index (κ3) is 3.36. The van der Waals surface area contributed by atoms with E-state index < -0.39 is 0 Å². The molecule has 0 unspecified atom stereocenters. The van der Waals surface area contributed by atoms with Gasteiger partial charge in [0.1, 0.15) is 11.6 Å². The van der Waals surface area contributed by atoms with Gasteiger partial charge < -0.3 is 11.1 Å². The summed E-state index contributed by atoms with van der Waals surface area (Å²) in [5, 5.41) is 3.45. The lowest BCUT2D eigenvalue weighted by Gasteiger charge is -2.21. The molecule has 4 nitrogen and oxygen atoms in total. The predicted molar refractivity (Wildman–Crippen MR) is 66.2 cm³/mol. The van der Waals surface area contributed by atoms with Crippen molar-refractivity contribution in [3.63, 3.8) is 0 Å². The van der Waals surface area contributed by atoms with Gasteiger partial charge in [0.25, 0.3) is 0 Å². The van der Waals surface area contributed by atoms with Gasteiger partial charge in [-0.05, 0) is 12.8 Å². The monoisotopic (exact) mass is 220 g/mol. The van der Waals surface area contributed by atoms with E-state index in [0.29, 0.717) is 11.9 Å². The maximum Gasteiger partial charge on any atom is 0.144 e. The van der Waals surface area contributed by atoms with Crippen LogP contribution in [0, 0.1) is 0 Å². The Morgan fingerprint density at radius 3 is 2.31 bits per heavy atom. The Labute approximate surface area is 96.7 Å². The van der Waals surface area contributed by atoms with Crippen LogP contribution >= 0.6 is 0 Å². The van der Waals surface area contributed by atoms with Gasteiger partial charge in [0.05, 0.1) is 12.4 Å². The fourth-order valence-electron chi connectivity index (χ4n) is 2.22. The zero-order valence-corrected chi connectivity index (χ0v) is 9.65. The minimum Gasteiger partial charge on any atom is -0.382 e. The number of anilines is 2. The van der Waals surface area contributed by atoms with Gasteiger partial charge >= 0.3 is 0 Å². The molecular weight excluding hydrogens is 200 g/mol. The van der Waals surface area contributed by atoms with Gasteiger partial charge in [0, 0.05) is 6.04 Å². The minimum atomic E-state index is 0.475. The van der Waals surface area contributed by atoms with Gasteiger partial charge in [-0.1, -0.05) is 32.1 Å². The highest BCUT2D eigenvalue weighted by Gasteiger charge is 2.11. The zero-order chi connectivity index (χ0) is 11.2. The van der Waals surface area contributed by atoms with Crippen molar-refractivity contribution in [3.05, 3.63) is 12.4 Å². The van der Waals surface area contributed by atoms with Crippen LogP contribution in [0.15, 0.2) is 12.4 Å². The standard InChI is InChI=1S/C12H20N4/c13-11-8-15-12(9-14-11)16-10-6-4-2-1-3-5-7-10/h8-10H,1-7H2,(H2,13,14)(H,15,16). The van der Waals surface area contributed by atoms with Crippen LogP contribution in [0.3, 0.4) is 0 Å². The summed E-state index contributed by atoms with van der Waals surface area (Å²) in [7, 11) is 0. The Morgan fingerprint density at radius 1 is 1.00 bits per heavy atom. The molecule has 0 aliphatic heterocycles. The summed E-state index contributed by atoms with van der Waals surface area (Å²) >= 11 is 0. The van der Waals surface area contributed by atoms with E-state index in [-0.39, 0.29) is 0 Å². The average Bonchev–Trinajstić information content (AvgIpc) is 2.25. The number of nitrogens with two attached hydrogens (primary N) is 1. The van der Waals surface area contributed by atoms with Crippen LogP contribution in [0.2, 0.25) is 0 Å². The number of hydrogen-bond donors (Lipinski definition) is 2. The molecule has 2 rings (SSSR count). The molecule has 0 radical (unpaired) electrons. The lowest BCUT2D eigenvalue weighted by molar-refractivity contribution is 0.470. The van der Waals surface area contributed by atoms with Gasteiger partial charge in [-0.25, -0.2) is 9.97 Å². The van der Waals surface area contributed by atoms with E-state index in [4.69, 9.17) is 5.73 Å². The second-order valence-electron chi connectivity index (χ2n) is 4.51. The molecule has 0 atom stereocenters. The van der Waals surface area contributed by atoms with Crippen LogP contribution in [0.1, 0.15) is 44.9 Å². The molecule has 1 saturated carbocycles. The Kier molecular flexibility index (Phi) is 3.97. The topological polar surface area (TPSA) is 63.8 Å². The highest BCUT2D eigenvalue weighted by Crippen LogP contribution is 2.19. The minimum absolute atomic E-state index is 0.475. The van der Waals surface area contributed by atoms with Gasteiger partial charge in [0.2, 0.25) is 0 Å². The Hall–Kier alpha value is -1.32. The van der Waals surface area contributed by atoms with E-state index in [1.807, 2.05) is 0 Å². The van der Waals surface area contributed by atoms with Crippen molar-refractivity contribution in [2.24, 2.45) is 0 Å². The predicted octanol–water partition coefficient (Wildman–Crippen LogP) is 2.58. The Morgan fingerprint density at radius 2 is 1.69 bits per heavy atom. The molecule has 0 saturated heterocycles. The van der Waals surface area contributed by atoms with Crippen molar-refractivity contribution in [2.75, 3.05) is 11.1 Å². The quantitative estimate of drug-likeness (QED) is 0.804. The molecule has 0 bridgehead atoms. The Balaban J connectivity index is 1.89. The number of rotatable bonds is 2. The first-order chi connectivity index (χ1) is 7.84. The second kappa shape index (κ2) is 5.68. The van der Waals surface area contributed by atoms with Crippen LogP contribution in [0.25, 0.3) is 0 Å². The van der Waals surface area contributed by atoms with Gasteiger partial charge in [0.15, 0.2) is 0 Å². The number of aromatic nitrogens is 2. The van der Waals surface area contributed by atoms with Crippen molar-refractivity contribution >= 4 is 11.6 Å². The number of hydrogen-bond acceptors (Lipinski definition) is 4. The lowest BCUT2D eigenvalue weighted by Crippen LogP contribution is -2.21. The summed E-state index contributed by atoms with van der Waals surface area (Å²) in [6.45, 7) is 0. The third-order valence-corrected chi connectivity index (χ3v) is 3.13. The number of nitrogen functional groups attached to an aromatic ring is 1. The zero-order valence-electron chi connectivity index (χ0n) is 9.65. The number of nitrogens with one attached hydrogen (secondary N) is 1. The smallest absolute Gasteiger partial charge is 0.144 e. The lowest BCUT2D eigenvalue weighted by atomic mass is 9.97. The van der Waals surface area contributed by atoms with Crippen molar-refractivity contribution in [3.8, 4) is 0 Å². The van der Waals surface area contributed by atoms with Crippen LogP contribution in [0.4, 0.5) is 11.6 Å². The van der Waals surface area contributed by atoms with Crippen LogP contribution in [0.5, 0.6) is 0 Å². The summed E-state index contributed by atoms with van der Waals surface area (Å²) in [6.07, 6.45) is 12.6. The fraction of sp³-hybridized carbons (Fsp3) is 0.667. The molecule has 1 aromatic heterocycles. The van der Waals surface area contributed by atoms with Crippen molar-refractivity contribution in [2.45, 2.75) is 51.0 Å². The largest absolute Gasteiger partial charge is 0.382 e. The summed E-state index contributed by atoms with van der Waals surface area (Å²) in [5.74, 6) is 1.32. The van der Waals surface area contributed by atoms with Crippen molar-refractivity contribution in [1.29, 1.82) is 0 Å². The van der Waals surface area contributed by atoms with E-state index in [1.165, 1.54) is 44.9 Å². The molecule has 1 aromatic rings. The molecule has 0 amide bonds. The molecule has 3 N–H and O–H groups in total. The highest BCUT2D eigenvalue weighted by molar-refractivity contribution is 5.36. The molecular formula is C12H20N4. The van der Waals surface area contributed by atoms with E-state index in [2.05, 4.69) is 15.3 Å². The van der Waals surface area contributed by atoms with Crippen LogP contribution < -0.4 is 11.1 Å². The molecule has 1 heterocycles. The van der Waals surface area contributed by atoms with E-state index in [9.17, 15) is 0 Å².